The molecule has 2 aromatic heterocycles. The van der Waals surface area contributed by atoms with Gasteiger partial charge in [0.05, 0.1) is 17.8 Å². The average molecular weight is 357 g/mol. The second-order valence-corrected chi connectivity index (χ2v) is 7.60. The van der Waals surface area contributed by atoms with Gasteiger partial charge in [0.15, 0.2) is 0 Å². The summed E-state index contributed by atoms with van der Waals surface area (Å²) in [5.41, 5.74) is 1.91. The van der Waals surface area contributed by atoms with Crippen LogP contribution >= 0.6 is 11.3 Å². The lowest BCUT2D eigenvalue weighted by Crippen LogP contribution is -2.46. The number of aromatic nitrogens is 1. The first-order valence-electron chi connectivity index (χ1n) is 8.92. The molecule has 1 saturated heterocycles. The minimum Gasteiger partial charge on any atom is -0.370 e. The van der Waals surface area contributed by atoms with E-state index in [-0.39, 0.29) is 11.5 Å². The number of hydrogen-bond donors (Lipinski definition) is 1. The van der Waals surface area contributed by atoms with Crippen LogP contribution in [0, 0.1) is 0 Å². The summed E-state index contributed by atoms with van der Waals surface area (Å²) >= 11 is 1.85. The number of thiophene rings is 1. The zero-order chi connectivity index (χ0) is 17.3. The Morgan fingerprint density at radius 2 is 2.20 bits per heavy atom. The number of nitrogens with zero attached hydrogens (tertiary/aromatic N) is 2. The molecule has 132 valence electrons. The molecule has 0 bridgehead atoms. The number of carbonyl (C=O) groups is 1. The van der Waals surface area contributed by atoms with Gasteiger partial charge in [-0.15, -0.1) is 11.3 Å². The summed E-state index contributed by atoms with van der Waals surface area (Å²) in [6.45, 7) is 5.20. The van der Waals surface area contributed by atoms with Crippen molar-refractivity contribution >= 4 is 23.1 Å². The topological polar surface area (TPSA) is 54.5 Å². The highest BCUT2D eigenvalue weighted by atomic mass is 32.1. The van der Waals surface area contributed by atoms with E-state index in [4.69, 9.17) is 4.74 Å². The third-order valence-corrected chi connectivity index (χ3v) is 6.17. The summed E-state index contributed by atoms with van der Waals surface area (Å²) in [5, 5.41) is 4.99. The summed E-state index contributed by atoms with van der Waals surface area (Å²) in [6, 6.07) is 6.04. The molecule has 0 aromatic carbocycles. The maximum Gasteiger partial charge on any atom is 0.252 e. The van der Waals surface area contributed by atoms with Crippen LogP contribution in [-0.2, 0) is 16.8 Å². The first kappa shape index (κ1) is 16.5. The van der Waals surface area contributed by atoms with E-state index in [9.17, 15) is 4.79 Å². The highest BCUT2D eigenvalue weighted by Gasteiger charge is 2.41. The number of carbonyl (C=O) groups excluding carboxylic acids is 1. The molecule has 4 heterocycles. The number of amides is 1. The first-order valence-corrected chi connectivity index (χ1v) is 9.80. The molecule has 2 aliphatic heterocycles. The van der Waals surface area contributed by atoms with Gasteiger partial charge in [0.1, 0.15) is 5.82 Å². The fourth-order valence-corrected chi connectivity index (χ4v) is 4.79. The van der Waals surface area contributed by atoms with Crippen molar-refractivity contribution in [3.8, 4) is 0 Å². The summed E-state index contributed by atoms with van der Waals surface area (Å²) in [6.07, 6.45) is 4.67. The van der Waals surface area contributed by atoms with Gasteiger partial charge in [-0.1, -0.05) is 0 Å². The molecule has 0 saturated carbocycles. The van der Waals surface area contributed by atoms with Crippen LogP contribution in [0.3, 0.4) is 0 Å². The molecule has 5 nitrogen and oxygen atoms in total. The van der Waals surface area contributed by atoms with E-state index >= 15 is 0 Å². The van der Waals surface area contributed by atoms with Gasteiger partial charge >= 0.3 is 0 Å². The van der Waals surface area contributed by atoms with E-state index in [1.54, 1.807) is 6.20 Å². The lowest BCUT2D eigenvalue weighted by Gasteiger charge is -2.44. The number of piperidine rings is 1. The van der Waals surface area contributed by atoms with Gasteiger partial charge in [0.2, 0.25) is 0 Å². The Morgan fingerprint density at radius 1 is 1.36 bits per heavy atom. The standard InChI is InChI=1S/C19H23N3O2S/c1-2-20-18(23)14-3-4-17(21-13-14)22-9-7-19(8-10-22)15-6-12-25-16(15)5-11-24-19/h3-4,6,12-13H,2,5,7-11H2,1H3,(H,20,23). The summed E-state index contributed by atoms with van der Waals surface area (Å²) in [5.74, 6) is 0.865. The third-order valence-electron chi connectivity index (χ3n) is 5.19. The van der Waals surface area contributed by atoms with Crippen molar-refractivity contribution in [2.45, 2.75) is 31.8 Å². The molecular weight excluding hydrogens is 334 g/mol. The van der Waals surface area contributed by atoms with Crippen molar-refractivity contribution in [1.82, 2.24) is 10.3 Å². The second kappa shape index (κ2) is 6.77. The highest BCUT2D eigenvalue weighted by molar-refractivity contribution is 7.10. The van der Waals surface area contributed by atoms with Gasteiger partial charge in [-0.05, 0) is 48.9 Å². The Labute approximate surface area is 152 Å². The van der Waals surface area contributed by atoms with Crippen LogP contribution in [0.15, 0.2) is 29.8 Å². The number of fused-ring (bicyclic) bond motifs is 2. The first-order chi connectivity index (χ1) is 12.2. The highest BCUT2D eigenvalue weighted by Crippen LogP contribution is 2.43. The number of hydrogen-bond acceptors (Lipinski definition) is 5. The predicted molar refractivity (Wildman–Crippen MR) is 99.3 cm³/mol. The van der Waals surface area contributed by atoms with Crippen molar-refractivity contribution in [3.05, 3.63) is 45.8 Å². The maximum absolute atomic E-state index is 11.8. The molecule has 0 aliphatic carbocycles. The lowest BCUT2D eigenvalue weighted by atomic mass is 9.82. The zero-order valence-corrected chi connectivity index (χ0v) is 15.3. The van der Waals surface area contributed by atoms with E-state index in [1.165, 1.54) is 10.4 Å². The quantitative estimate of drug-likeness (QED) is 0.918. The molecule has 0 unspecified atom stereocenters. The largest absolute Gasteiger partial charge is 0.370 e. The van der Waals surface area contributed by atoms with Gasteiger partial charge in [-0.25, -0.2) is 4.98 Å². The van der Waals surface area contributed by atoms with Crippen LogP contribution in [-0.4, -0.2) is 37.1 Å². The van der Waals surface area contributed by atoms with Gasteiger partial charge in [0, 0.05) is 37.1 Å². The van der Waals surface area contributed by atoms with Gasteiger partial charge in [0.25, 0.3) is 5.91 Å². The molecule has 0 radical (unpaired) electrons. The smallest absolute Gasteiger partial charge is 0.252 e. The molecule has 4 rings (SSSR count). The molecule has 1 fully saturated rings. The zero-order valence-electron chi connectivity index (χ0n) is 14.5. The van der Waals surface area contributed by atoms with Crippen LogP contribution < -0.4 is 10.2 Å². The Hall–Kier alpha value is -1.92. The minimum absolute atomic E-state index is 0.0697. The van der Waals surface area contributed by atoms with E-state index in [2.05, 4.69) is 26.6 Å². The van der Waals surface area contributed by atoms with Crippen LogP contribution in [0.2, 0.25) is 0 Å². The van der Waals surface area contributed by atoms with Crippen LogP contribution in [0.5, 0.6) is 0 Å². The predicted octanol–water partition coefficient (Wildman–Crippen LogP) is 2.96. The van der Waals surface area contributed by atoms with E-state index in [0.717, 1.165) is 44.8 Å². The average Bonchev–Trinajstić information content (AvgIpc) is 3.13. The number of pyridine rings is 1. The molecule has 1 N–H and O–H groups in total. The molecule has 0 atom stereocenters. The maximum atomic E-state index is 11.8. The molecule has 25 heavy (non-hydrogen) atoms. The Bertz CT molecular complexity index is 748. The number of nitrogens with one attached hydrogen (secondary N) is 1. The second-order valence-electron chi connectivity index (χ2n) is 6.60. The summed E-state index contributed by atoms with van der Waals surface area (Å²) in [7, 11) is 0. The normalized spacial score (nSPS) is 18.8. The monoisotopic (exact) mass is 357 g/mol. The third kappa shape index (κ3) is 3.04. The van der Waals surface area contributed by atoms with Gasteiger partial charge < -0.3 is 15.0 Å². The van der Waals surface area contributed by atoms with Gasteiger partial charge in [-0.2, -0.15) is 0 Å². The Kier molecular flexibility index (Phi) is 4.48. The molecular formula is C19H23N3O2S. The fraction of sp³-hybridized carbons (Fsp3) is 0.474. The number of anilines is 1. The SMILES string of the molecule is CCNC(=O)c1ccc(N2CCC3(CC2)OCCc2sccc23)nc1. The number of ether oxygens (including phenoxy) is 1. The molecule has 1 amide bonds. The lowest BCUT2D eigenvalue weighted by molar-refractivity contribution is -0.0757. The summed E-state index contributed by atoms with van der Waals surface area (Å²) in [4.78, 5) is 20.1. The van der Waals surface area contributed by atoms with E-state index < -0.39 is 0 Å². The molecule has 2 aliphatic rings. The molecule has 2 aromatic rings. The fourth-order valence-electron chi connectivity index (χ4n) is 3.84. The summed E-state index contributed by atoms with van der Waals surface area (Å²) < 4.78 is 6.26. The van der Waals surface area contributed by atoms with Crippen molar-refractivity contribution < 1.29 is 9.53 Å². The Morgan fingerprint density at radius 3 is 2.92 bits per heavy atom. The van der Waals surface area contributed by atoms with Crippen molar-refractivity contribution in [1.29, 1.82) is 0 Å². The van der Waals surface area contributed by atoms with E-state index in [1.807, 2.05) is 30.4 Å². The van der Waals surface area contributed by atoms with E-state index in [0.29, 0.717) is 12.1 Å². The number of rotatable bonds is 3. The van der Waals surface area contributed by atoms with Crippen molar-refractivity contribution in [2.24, 2.45) is 0 Å². The van der Waals surface area contributed by atoms with Crippen molar-refractivity contribution in [3.63, 3.8) is 0 Å². The van der Waals surface area contributed by atoms with Crippen molar-refractivity contribution in [2.75, 3.05) is 31.1 Å². The molecule has 6 heteroatoms. The molecule has 1 spiro atoms. The van der Waals surface area contributed by atoms with Crippen LogP contribution in [0.1, 0.15) is 40.6 Å². The van der Waals surface area contributed by atoms with Gasteiger partial charge in [-0.3, -0.25) is 4.79 Å². The Balaban J connectivity index is 1.45. The van der Waals surface area contributed by atoms with Crippen LogP contribution in [0.25, 0.3) is 0 Å². The van der Waals surface area contributed by atoms with Crippen LogP contribution in [0.4, 0.5) is 5.82 Å². The minimum atomic E-state index is -0.106.